The first kappa shape index (κ1) is 28.1. The molecule has 0 amide bonds. The summed E-state index contributed by atoms with van der Waals surface area (Å²) in [6.45, 7) is 13.3. The number of nitrogen functional groups attached to an aromatic ring is 1. The second kappa shape index (κ2) is 13.1. The standard InChI is InChI=1S/C27H34N4.C4H10/c1-6-15-27(4,7-2)22-13-12-20(19-11-9-8-10-18(19)3)24-21(17-30-5)25(29)23(14-16-28)31-26(22)24;1-3-4-2/h8-14,16-17H,6-7,15,28-29H2,1-5H3;3-4H2,1-2H3/b16-14-,30-17?;. The van der Waals surface area contributed by atoms with Crippen LogP contribution in [0.4, 0.5) is 5.69 Å². The number of anilines is 1. The van der Waals surface area contributed by atoms with E-state index in [4.69, 9.17) is 16.5 Å². The molecular weight excluding hydrogens is 428 g/mol. The molecule has 0 saturated carbocycles. The fourth-order valence-corrected chi connectivity index (χ4v) is 4.55. The number of nitrogens with two attached hydrogens (primary N) is 2. The Kier molecular flexibility index (Phi) is 10.5. The van der Waals surface area contributed by atoms with Crippen LogP contribution in [0.5, 0.6) is 0 Å². The highest BCUT2D eigenvalue weighted by atomic mass is 14.8. The van der Waals surface area contributed by atoms with E-state index in [-0.39, 0.29) is 5.41 Å². The molecule has 2 aromatic carbocycles. The van der Waals surface area contributed by atoms with Gasteiger partial charge in [-0.25, -0.2) is 4.98 Å². The average Bonchev–Trinajstić information content (AvgIpc) is 2.86. The van der Waals surface area contributed by atoms with Gasteiger partial charge in [0.05, 0.1) is 16.9 Å². The molecule has 1 heterocycles. The van der Waals surface area contributed by atoms with Gasteiger partial charge >= 0.3 is 0 Å². The topological polar surface area (TPSA) is 77.3 Å². The molecule has 1 aromatic heterocycles. The van der Waals surface area contributed by atoms with Crippen LogP contribution in [0, 0.1) is 6.92 Å². The molecule has 4 nitrogen and oxygen atoms in total. The largest absolute Gasteiger partial charge is 0.405 e. The van der Waals surface area contributed by atoms with Crippen molar-refractivity contribution < 1.29 is 0 Å². The average molecular weight is 473 g/mol. The zero-order valence-corrected chi connectivity index (χ0v) is 22.8. The number of rotatable bonds is 8. The fraction of sp³-hybridized carbons (Fsp3) is 0.419. The maximum Gasteiger partial charge on any atom is 0.0887 e. The quantitative estimate of drug-likeness (QED) is 0.326. The molecule has 4 N–H and O–H groups in total. The highest BCUT2D eigenvalue weighted by molar-refractivity contribution is 6.12. The summed E-state index contributed by atoms with van der Waals surface area (Å²) >= 11 is 0. The van der Waals surface area contributed by atoms with Crippen molar-refractivity contribution in [2.24, 2.45) is 10.7 Å². The Morgan fingerprint density at radius 1 is 0.971 bits per heavy atom. The third kappa shape index (κ3) is 6.11. The van der Waals surface area contributed by atoms with Crippen molar-refractivity contribution in [1.82, 2.24) is 4.98 Å². The van der Waals surface area contributed by atoms with E-state index in [1.165, 1.54) is 35.7 Å². The molecule has 3 rings (SSSR count). The van der Waals surface area contributed by atoms with E-state index in [0.717, 1.165) is 41.3 Å². The molecule has 0 bridgehead atoms. The van der Waals surface area contributed by atoms with Crippen molar-refractivity contribution in [2.45, 2.75) is 79.1 Å². The fourth-order valence-electron chi connectivity index (χ4n) is 4.55. The van der Waals surface area contributed by atoms with E-state index < -0.39 is 0 Å². The lowest BCUT2D eigenvalue weighted by Crippen LogP contribution is -2.22. The number of benzene rings is 2. The molecule has 0 radical (unpaired) electrons. The summed E-state index contributed by atoms with van der Waals surface area (Å²) in [6, 6.07) is 12.9. The number of hydrogen-bond acceptors (Lipinski definition) is 4. The van der Waals surface area contributed by atoms with Crippen molar-refractivity contribution in [3.63, 3.8) is 0 Å². The smallest absolute Gasteiger partial charge is 0.0887 e. The zero-order chi connectivity index (χ0) is 26.0. The number of nitrogens with zero attached hydrogens (tertiary/aromatic N) is 2. The number of aliphatic imine (C=N–C) groups is 1. The maximum absolute atomic E-state index is 6.60. The van der Waals surface area contributed by atoms with Gasteiger partial charge in [-0.05, 0) is 59.7 Å². The molecule has 0 fully saturated rings. The van der Waals surface area contributed by atoms with E-state index >= 15 is 0 Å². The number of fused-ring (bicyclic) bond motifs is 1. The molecule has 0 aliphatic rings. The maximum atomic E-state index is 6.60. The minimum Gasteiger partial charge on any atom is -0.405 e. The van der Waals surface area contributed by atoms with Crippen LogP contribution < -0.4 is 11.5 Å². The number of hydrogen-bond donors (Lipinski definition) is 2. The highest BCUT2D eigenvalue weighted by Gasteiger charge is 2.28. The van der Waals surface area contributed by atoms with Crippen LogP contribution in [0.3, 0.4) is 0 Å². The minimum absolute atomic E-state index is 0.0186. The molecule has 35 heavy (non-hydrogen) atoms. The Morgan fingerprint density at radius 3 is 2.20 bits per heavy atom. The van der Waals surface area contributed by atoms with Crippen LogP contribution in [0.15, 0.2) is 47.6 Å². The van der Waals surface area contributed by atoms with Gasteiger partial charge in [0, 0.05) is 24.2 Å². The van der Waals surface area contributed by atoms with Gasteiger partial charge in [-0.3, -0.25) is 4.99 Å². The summed E-state index contributed by atoms with van der Waals surface area (Å²) in [6.07, 6.45) is 11.0. The molecule has 0 aliphatic heterocycles. The van der Waals surface area contributed by atoms with E-state index in [1.54, 1.807) is 13.1 Å². The first-order valence-corrected chi connectivity index (χ1v) is 13.0. The van der Waals surface area contributed by atoms with Crippen LogP contribution in [0.25, 0.3) is 28.1 Å². The van der Waals surface area contributed by atoms with Gasteiger partial charge in [0.1, 0.15) is 0 Å². The van der Waals surface area contributed by atoms with E-state index in [1.807, 2.05) is 6.21 Å². The first-order valence-electron chi connectivity index (χ1n) is 13.0. The van der Waals surface area contributed by atoms with Gasteiger partial charge in [-0.1, -0.05) is 90.3 Å². The van der Waals surface area contributed by atoms with E-state index in [0.29, 0.717) is 11.4 Å². The highest BCUT2D eigenvalue weighted by Crippen LogP contribution is 2.42. The predicted molar refractivity (Wildman–Crippen MR) is 156 cm³/mol. The summed E-state index contributed by atoms with van der Waals surface area (Å²) in [4.78, 5) is 9.40. The zero-order valence-electron chi connectivity index (χ0n) is 22.8. The third-order valence-corrected chi connectivity index (χ3v) is 6.93. The molecule has 1 atom stereocenters. The molecule has 0 aliphatic carbocycles. The van der Waals surface area contributed by atoms with E-state index in [9.17, 15) is 0 Å². The molecule has 4 heteroatoms. The lowest BCUT2D eigenvalue weighted by molar-refractivity contribution is 0.416. The van der Waals surface area contributed by atoms with E-state index in [2.05, 4.69) is 82.9 Å². The molecule has 188 valence electrons. The van der Waals surface area contributed by atoms with Crippen LogP contribution >= 0.6 is 0 Å². The Bertz CT molecular complexity index is 1170. The summed E-state index contributed by atoms with van der Waals surface area (Å²) in [5, 5.41) is 1.06. The normalized spacial score (nSPS) is 13.2. The molecule has 1 unspecified atom stereocenters. The monoisotopic (exact) mass is 472 g/mol. The molecule has 0 saturated heterocycles. The Morgan fingerprint density at radius 2 is 1.66 bits per heavy atom. The lowest BCUT2D eigenvalue weighted by atomic mass is 9.74. The molecular formula is C31H44N4. The van der Waals surface area contributed by atoms with Crippen molar-refractivity contribution in [1.29, 1.82) is 0 Å². The summed E-state index contributed by atoms with van der Waals surface area (Å²) < 4.78 is 0. The van der Waals surface area contributed by atoms with Crippen molar-refractivity contribution in [2.75, 3.05) is 12.8 Å². The minimum atomic E-state index is 0.0186. The summed E-state index contributed by atoms with van der Waals surface area (Å²) in [5.41, 5.74) is 20.3. The van der Waals surface area contributed by atoms with Gasteiger partial charge in [0.15, 0.2) is 0 Å². The summed E-state index contributed by atoms with van der Waals surface area (Å²) in [5.74, 6) is 0. The van der Waals surface area contributed by atoms with Crippen LogP contribution in [-0.4, -0.2) is 18.2 Å². The van der Waals surface area contributed by atoms with Gasteiger partial charge in [-0.2, -0.15) is 0 Å². The lowest BCUT2D eigenvalue weighted by Gasteiger charge is -2.31. The van der Waals surface area contributed by atoms with Crippen molar-refractivity contribution >= 4 is 28.9 Å². The summed E-state index contributed by atoms with van der Waals surface area (Å²) in [7, 11) is 1.77. The SMILES string of the molecule is CCCC.CCCC(C)(CC)c1ccc(-c2ccccc2C)c2c(C=NC)c(N)c(/C=C\N)nc12. The molecule has 0 spiro atoms. The van der Waals surface area contributed by atoms with Crippen LogP contribution in [0.1, 0.15) is 89.1 Å². The second-order valence-electron chi connectivity index (χ2n) is 9.43. The number of pyridine rings is 1. The number of unbranched alkanes of at least 4 members (excludes halogenated alkanes) is 1. The Labute approximate surface area is 212 Å². The molecule has 3 aromatic rings. The van der Waals surface area contributed by atoms with Crippen LogP contribution in [-0.2, 0) is 5.41 Å². The number of aryl methyl sites for hydroxylation is 1. The predicted octanol–water partition coefficient (Wildman–Crippen LogP) is 8.04. The Hall–Kier alpha value is -3.14. The van der Waals surface area contributed by atoms with Crippen molar-refractivity contribution in [3.05, 3.63) is 65.0 Å². The Balaban J connectivity index is 0.00000100. The van der Waals surface area contributed by atoms with Gasteiger partial charge < -0.3 is 11.5 Å². The van der Waals surface area contributed by atoms with Gasteiger partial charge in [0.2, 0.25) is 0 Å². The van der Waals surface area contributed by atoms with Crippen LogP contribution in [0.2, 0.25) is 0 Å². The second-order valence-corrected chi connectivity index (χ2v) is 9.43. The number of aromatic nitrogens is 1. The first-order chi connectivity index (χ1) is 16.8. The van der Waals surface area contributed by atoms with Crippen molar-refractivity contribution in [3.8, 4) is 11.1 Å². The van der Waals surface area contributed by atoms with Gasteiger partial charge in [0.25, 0.3) is 0 Å². The third-order valence-electron chi connectivity index (χ3n) is 6.93. The van der Waals surface area contributed by atoms with Gasteiger partial charge in [-0.15, -0.1) is 0 Å².